The summed E-state index contributed by atoms with van der Waals surface area (Å²) in [6, 6.07) is 6.33. The Labute approximate surface area is 135 Å². The van der Waals surface area contributed by atoms with Crippen LogP contribution in [-0.4, -0.2) is 30.6 Å². The van der Waals surface area contributed by atoms with E-state index in [-0.39, 0.29) is 30.3 Å². The van der Waals surface area contributed by atoms with E-state index in [2.05, 4.69) is 13.8 Å². The van der Waals surface area contributed by atoms with Crippen molar-refractivity contribution < 1.29 is 28.6 Å². The summed E-state index contributed by atoms with van der Waals surface area (Å²) in [6.07, 6.45) is 0.612. The van der Waals surface area contributed by atoms with Gasteiger partial charge in [-0.1, -0.05) is 12.1 Å². The first-order chi connectivity index (χ1) is 10.9. The Morgan fingerprint density at radius 2 is 1.83 bits per heavy atom. The van der Waals surface area contributed by atoms with Crippen molar-refractivity contribution in [1.82, 2.24) is 0 Å². The van der Waals surface area contributed by atoms with E-state index in [4.69, 9.17) is 14.2 Å². The maximum Gasteiger partial charge on any atom is 0.341 e. The fourth-order valence-corrected chi connectivity index (χ4v) is 1.74. The van der Waals surface area contributed by atoms with Crippen LogP contribution in [0, 0.1) is 13.8 Å². The van der Waals surface area contributed by atoms with Crippen molar-refractivity contribution in [1.29, 1.82) is 0 Å². The highest BCUT2D eigenvalue weighted by atomic mass is 16.6. The van der Waals surface area contributed by atoms with E-state index in [1.165, 1.54) is 19.1 Å². The Hall–Kier alpha value is -2.37. The van der Waals surface area contributed by atoms with Crippen LogP contribution in [0.3, 0.4) is 0 Å². The molecule has 1 rings (SSSR count). The number of ether oxygens (including phenoxy) is 3. The van der Waals surface area contributed by atoms with E-state index >= 15 is 0 Å². The van der Waals surface area contributed by atoms with Gasteiger partial charge in [-0.15, -0.1) is 0 Å². The molecule has 6 nitrogen and oxygen atoms in total. The average Bonchev–Trinajstić information content (AvgIpc) is 2.45. The molecule has 0 unspecified atom stereocenters. The highest BCUT2D eigenvalue weighted by Gasteiger charge is 2.14. The maximum atomic E-state index is 12.0. The molecule has 1 aromatic rings. The van der Waals surface area contributed by atoms with E-state index in [0.717, 1.165) is 0 Å². The third-order valence-electron chi connectivity index (χ3n) is 2.67. The van der Waals surface area contributed by atoms with Gasteiger partial charge in [-0.2, -0.15) is 0 Å². The van der Waals surface area contributed by atoms with E-state index in [1.54, 1.807) is 12.1 Å². The number of rotatable bonds is 8. The average molecular weight is 320 g/mol. The zero-order valence-electron chi connectivity index (χ0n) is 13.1. The molecule has 0 spiro atoms. The van der Waals surface area contributed by atoms with E-state index in [1.807, 2.05) is 0 Å². The number of para-hydroxylation sites is 1. The van der Waals surface area contributed by atoms with Gasteiger partial charge in [0.15, 0.2) is 0 Å². The summed E-state index contributed by atoms with van der Waals surface area (Å²) in [7, 11) is 0. The van der Waals surface area contributed by atoms with E-state index < -0.39 is 18.0 Å². The van der Waals surface area contributed by atoms with E-state index in [9.17, 15) is 14.4 Å². The quantitative estimate of drug-likeness (QED) is 0.416. The summed E-state index contributed by atoms with van der Waals surface area (Å²) >= 11 is 0. The fraction of sp³-hybridized carbons (Fsp3) is 0.353. The van der Waals surface area contributed by atoms with Gasteiger partial charge in [0.05, 0.1) is 6.61 Å². The lowest BCUT2D eigenvalue weighted by Crippen LogP contribution is -2.13. The molecule has 0 aromatic heterocycles. The first kappa shape index (κ1) is 18.7. The Morgan fingerprint density at radius 3 is 2.48 bits per heavy atom. The minimum atomic E-state index is -0.627. The molecule has 124 valence electrons. The fourth-order valence-electron chi connectivity index (χ4n) is 1.74. The standard InChI is InChI=1S/C17H20O6/c1-12(2)22-16(19)10-6-7-11-21-17(20)14-8-4-5-9-15(14)23-13(3)18/h4-5,8-9,12H,1-2,6-7,10-11H2,3H3. The highest BCUT2D eigenvalue weighted by Crippen LogP contribution is 2.19. The zero-order valence-corrected chi connectivity index (χ0v) is 13.1. The van der Waals surface area contributed by atoms with Crippen molar-refractivity contribution in [3.63, 3.8) is 0 Å². The number of hydrogen-bond donors (Lipinski definition) is 0. The van der Waals surface area contributed by atoms with Crippen LogP contribution in [0.25, 0.3) is 0 Å². The summed E-state index contributed by atoms with van der Waals surface area (Å²) < 4.78 is 14.8. The van der Waals surface area contributed by atoms with Crippen molar-refractivity contribution >= 4 is 17.9 Å². The molecule has 6 heteroatoms. The number of benzene rings is 1. The second-order valence-corrected chi connectivity index (χ2v) is 4.79. The second kappa shape index (κ2) is 9.61. The molecule has 0 saturated carbocycles. The predicted octanol–water partition coefficient (Wildman–Crippen LogP) is 2.52. The Morgan fingerprint density at radius 1 is 1.13 bits per heavy atom. The van der Waals surface area contributed by atoms with Crippen LogP contribution >= 0.6 is 0 Å². The van der Waals surface area contributed by atoms with Crippen molar-refractivity contribution in [3.8, 4) is 5.75 Å². The normalized spacial score (nSPS) is 10.3. The summed E-state index contributed by atoms with van der Waals surface area (Å²) in [5.41, 5.74) is 0.180. The first-order valence-corrected chi connectivity index (χ1v) is 7.20. The van der Waals surface area contributed by atoms with Crippen molar-refractivity contribution in [3.05, 3.63) is 43.7 Å². The number of hydrogen-bond acceptors (Lipinski definition) is 6. The lowest BCUT2D eigenvalue weighted by molar-refractivity contribution is -0.145. The summed E-state index contributed by atoms with van der Waals surface area (Å²) in [6.45, 7) is 8.30. The van der Waals surface area contributed by atoms with Crippen LogP contribution in [0.15, 0.2) is 24.3 Å². The van der Waals surface area contributed by atoms with Crippen LogP contribution in [0.5, 0.6) is 5.75 Å². The van der Waals surface area contributed by atoms with Gasteiger partial charge in [-0.05, 0) is 38.8 Å². The minimum absolute atomic E-state index is 0.151. The molecule has 2 radical (unpaired) electrons. The molecule has 0 fully saturated rings. The monoisotopic (exact) mass is 320 g/mol. The highest BCUT2D eigenvalue weighted by molar-refractivity contribution is 5.93. The third kappa shape index (κ3) is 7.44. The van der Waals surface area contributed by atoms with E-state index in [0.29, 0.717) is 12.8 Å². The molecule has 0 bridgehead atoms. The number of carbonyl (C=O) groups excluding carboxylic acids is 3. The van der Waals surface area contributed by atoms with Crippen molar-refractivity contribution in [2.45, 2.75) is 32.3 Å². The number of esters is 3. The molecule has 0 heterocycles. The molecule has 1 aromatic carbocycles. The van der Waals surface area contributed by atoms with Crippen LogP contribution in [-0.2, 0) is 19.1 Å². The molecular formula is C17H20O6. The Kier molecular flexibility index (Phi) is 7.80. The largest absolute Gasteiger partial charge is 0.462 e. The van der Waals surface area contributed by atoms with Gasteiger partial charge in [0.1, 0.15) is 17.4 Å². The van der Waals surface area contributed by atoms with Gasteiger partial charge in [-0.25, -0.2) is 4.79 Å². The SMILES string of the molecule is [CH2]C([CH2])OC(=O)CCCCOC(=O)c1ccccc1OC(C)=O. The molecule has 0 aliphatic carbocycles. The van der Waals surface area contributed by atoms with Crippen LogP contribution < -0.4 is 4.74 Å². The first-order valence-electron chi connectivity index (χ1n) is 7.20. The zero-order chi connectivity index (χ0) is 17.2. The summed E-state index contributed by atoms with van der Waals surface area (Å²) in [5.74, 6) is -1.32. The van der Waals surface area contributed by atoms with Crippen LogP contribution in [0.4, 0.5) is 0 Å². The Bertz CT molecular complexity index is 550. The molecule has 23 heavy (non-hydrogen) atoms. The molecule has 0 amide bonds. The van der Waals surface area contributed by atoms with Crippen LogP contribution in [0.1, 0.15) is 36.5 Å². The maximum absolute atomic E-state index is 12.0. The number of unbranched alkanes of at least 4 members (excludes halogenated alkanes) is 1. The topological polar surface area (TPSA) is 78.9 Å². The second-order valence-electron chi connectivity index (χ2n) is 4.79. The molecule has 0 N–H and O–H groups in total. The van der Waals surface area contributed by atoms with Crippen molar-refractivity contribution in [2.75, 3.05) is 6.61 Å². The van der Waals surface area contributed by atoms with Gasteiger partial charge < -0.3 is 14.2 Å². The summed E-state index contributed by atoms with van der Waals surface area (Å²) in [5, 5.41) is 0. The van der Waals surface area contributed by atoms with Gasteiger partial charge in [0.2, 0.25) is 0 Å². The van der Waals surface area contributed by atoms with Gasteiger partial charge >= 0.3 is 17.9 Å². The Balaban J connectivity index is 2.37. The molecular weight excluding hydrogens is 300 g/mol. The smallest absolute Gasteiger partial charge is 0.341 e. The molecule has 0 atom stereocenters. The third-order valence-corrected chi connectivity index (χ3v) is 2.67. The molecule has 0 aliphatic rings. The molecule has 0 aliphatic heterocycles. The lowest BCUT2D eigenvalue weighted by Gasteiger charge is -2.09. The van der Waals surface area contributed by atoms with Crippen molar-refractivity contribution in [2.24, 2.45) is 0 Å². The lowest BCUT2D eigenvalue weighted by atomic mass is 10.2. The van der Waals surface area contributed by atoms with Gasteiger partial charge in [0, 0.05) is 13.3 Å². The molecule has 0 saturated heterocycles. The predicted molar refractivity (Wildman–Crippen MR) is 82.5 cm³/mol. The van der Waals surface area contributed by atoms with Gasteiger partial charge in [-0.3, -0.25) is 9.59 Å². The minimum Gasteiger partial charge on any atom is -0.462 e. The van der Waals surface area contributed by atoms with Crippen LogP contribution in [0.2, 0.25) is 0 Å². The summed E-state index contributed by atoms with van der Waals surface area (Å²) in [4.78, 5) is 34.2. The van der Waals surface area contributed by atoms with Gasteiger partial charge in [0.25, 0.3) is 0 Å². The number of carbonyl (C=O) groups is 3.